The number of hydrogen-bond donors (Lipinski definition) is 2. The summed E-state index contributed by atoms with van der Waals surface area (Å²) in [5, 5.41) is 13.5. The molecule has 2 aromatic rings. The number of rotatable bonds is 6. The van der Waals surface area contributed by atoms with Crippen LogP contribution in [0.1, 0.15) is 23.2 Å². The molecular formula is C17H17NO3. The average molecular weight is 283 g/mol. The summed E-state index contributed by atoms with van der Waals surface area (Å²) in [7, 11) is 0. The molecule has 0 aliphatic rings. The van der Waals surface area contributed by atoms with E-state index in [9.17, 15) is 9.59 Å². The summed E-state index contributed by atoms with van der Waals surface area (Å²) in [5.41, 5.74) is 0.484. The number of aliphatic carboxylic acids is 1. The van der Waals surface area contributed by atoms with Crippen molar-refractivity contribution in [2.24, 2.45) is 0 Å². The van der Waals surface area contributed by atoms with Crippen LogP contribution in [-0.2, 0) is 4.79 Å². The minimum atomic E-state index is -1.04. The van der Waals surface area contributed by atoms with Gasteiger partial charge in [-0.15, -0.1) is 6.58 Å². The van der Waals surface area contributed by atoms with E-state index in [2.05, 4.69) is 11.9 Å². The van der Waals surface area contributed by atoms with Crippen LogP contribution in [0.15, 0.2) is 55.1 Å². The second-order valence-corrected chi connectivity index (χ2v) is 4.76. The number of carbonyl (C=O) groups excluding carboxylic acids is 1. The van der Waals surface area contributed by atoms with Gasteiger partial charge in [0.15, 0.2) is 0 Å². The third-order valence-corrected chi connectivity index (χ3v) is 3.30. The van der Waals surface area contributed by atoms with Gasteiger partial charge in [0.1, 0.15) is 6.04 Å². The number of hydrogen-bond acceptors (Lipinski definition) is 2. The number of nitrogens with one attached hydrogen (secondary N) is 1. The number of allylic oxidation sites excluding steroid dienone is 1. The molecule has 0 radical (unpaired) electrons. The van der Waals surface area contributed by atoms with Crippen LogP contribution in [0.5, 0.6) is 0 Å². The van der Waals surface area contributed by atoms with Gasteiger partial charge >= 0.3 is 5.97 Å². The molecule has 2 rings (SSSR count). The predicted octanol–water partition coefficient (Wildman–Crippen LogP) is 2.99. The quantitative estimate of drug-likeness (QED) is 0.801. The van der Waals surface area contributed by atoms with Gasteiger partial charge in [-0.25, -0.2) is 4.79 Å². The molecule has 0 spiro atoms. The number of fused-ring (bicyclic) bond motifs is 1. The first-order chi connectivity index (χ1) is 10.1. The van der Waals surface area contributed by atoms with Gasteiger partial charge in [0.05, 0.1) is 0 Å². The zero-order valence-corrected chi connectivity index (χ0v) is 11.6. The molecule has 0 unspecified atom stereocenters. The van der Waals surface area contributed by atoms with E-state index in [-0.39, 0.29) is 5.91 Å². The van der Waals surface area contributed by atoms with Crippen molar-refractivity contribution < 1.29 is 14.7 Å². The molecule has 21 heavy (non-hydrogen) atoms. The van der Waals surface area contributed by atoms with E-state index < -0.39 is 12.0 Å². The van der Waals surface area contributed by atoms with E-state index in [1.54, 1.807) is 18.2 Å². The summed E-state index contributed by atoms with van der Waals surface area (Å²) < 4.78 is 0. The van der Waals surface area contributed by atoms with E-state index in [1.807, 2.05) is 30.3 Å². The van der Waals surface area contributed by atoms with Gasteiger partial charge in [0, 0.05) is 5.56 Å². The highest BCUT2D eigenvalue weighted by molar-refractivity contribution is 6.07. The molecule has 108 valence electrons. The Hall–Kier alpha value is -2.62. The van der Waals surface area contributed by atoms with Crippen molar-refractivity contribution in [3.63, 3.8) is 0 Å². The fraction of sp³-hybridized carbons (Fsp3) is 0.176. The first-order valence-electron chi connectivity index (χ1n) is 6.76. The van der Waals surface area contributed by atoms with Gasteiger partial charge in [-0.2, -0.15) is 0 Å². The Morgan fingerprint density at radius 3 is 2.62 bits per heavy atom. The standard InChI is InChI=1S/C17H17NO3/c1-2-3-11-15(17(20)21)18-16(19)14-10-6-8-12-7-4-5-9-13(12)14/h2,4-10,15H,1,3,11H2,(H,18,19)(H,20,21)/t15-/m0/s1. The highest BCUT2D eigenvalue weighted by atomic mass is 16.4. The molecule has 4 nitrogen and oxygen atoms in total. The molecule has 2 N–H and O–H groups in total. The Labute approximate surface area is 123 Å². The van der Waals surface area contributed by atoms with E-state index in [0.717, 1.165) is 10.8 Å². The number of carboxylic acids is 1. The Bertz CT molecular complexity index is 673. The van der Waals surface area contributed by atoms with E-state index in [4.69, 9.17) is 5.11 Å². The number of carbonyl (C=O) groups is 2. The molecule has 0 aromatic heterocycles. The van der Waals surface area contributed by atoms with Gasteiger partial charge in [-0.3, -0.25) is 4.79 Å². The van der Waals surface area contributed by atoms with E-state index in [0.29, 0.717) is 18.4 Å². The Kier molecular flexibility index (Phi) is 4.72. The summed E-state index contributed by atoms with van der Waals surface area (Å²) in [5.74, 6) is -1.41. The van der Waals surface area contributed by atoms with E-state index >= 15 is 0 Å². The lowest BCUT2D eigenvalue weighted by molar-refractivity contribution is -0.139. The molecule has 0 aliphatic heterocycles. The third kappa shape index (κ3) is 3.48. The Morgan fingerprint density at radius 2 is 1.90 bits per heavy atom. The predicted molar refractivity (Wildman–Crippen MR) is 82.3 cm³/mol. The Balaban J connectivity index is 2.25. The van der Waals surface area contributed by atoms with Crippen molar-refractivity contribution in [3.8, 4) is 0 Å². The molecular weight excluding hydrogens is 266 g/mol. The molecule has 2 aromatic carbocycles. The molecule has 0 aliphatic carbocycles. The van der Waals surface area contributed by atoms with Crippen LogP contribution in [0.3, 0.4) is 0 Å². The summed E-state index contributed by atoms with van der Waals surface area (Å²) >= 11 is 0. The Morgan fingerprint density at radius 1 is 1.19 bits per heavy atom. The summed E-state index contributed by atoms with van der Waals surface area (Å²) in [6.45, 7) is 3.56. The zero-order chi connectivity index (χ0) is 15.2. The minimum absolute atomic E-state index is 0.329. The second kappa shape index (κ2) is 6.70. The van der Waals surface area contributed by atoms with Crippen molar-refractivity contribution in [3.05, 3.63) is 60.7 Å². The molecule has 0 saturated carbocycles. The van der Waals surface area contributed by atoms with Crippen LogP contribution in [0.4, 0.5) is 0 Å². The minimum Gasteiger partial charge on any atom is -0.480 e. The smallest absolute Gasteiger partial charge is 0.326 e. The van der Waals surface area contributed by atoms with Crippen molar-refractivity contribution in [2.45, 2.75) is 18.9 Å². The van der Waals surface area contributed by atoms with Gasteiger partial charge in [0.2, 0.25) is 0 Å². The maximum atomic E-state index is 12.3. The summed E-state index contributed by atoms with van der Waals surface area (Å²) in [4.78, 5) is 23.5. The van der Waals surface area contributed by atoms with Gasteiger partial charge in [-0.05, 0) is 29.7 Å². The lowest BCUT2D eigenvalue weighted by atomic mass is 10.0. The molecule has 4 heteroatoms. The van der Waals surface area contributed by atoms with Crippen LogP contribution in [-0.4, -0.2) is 23.0 Å². The normalized spacial score (nSPS) is 11.8. The monoisotopic (exact) mass is 283 g/mol. The molecule has 1 atom stereocenters. The third-order valence-electron chi connectivity index (χ3n) is 3.30. The average Bonchev–Trinajstić information content (AvgIpc) is 2.50. The highest BCUT2D eigenvalue weighted by Crippen LogP contribution is 2.18. The van der Waals surface area contributed by atoms with Crippen LogP contribution in [0.2, 0.25) is 0 Å². The van der Waals surface area contributed by atoms with E-state index in [1.165, 1.54) is 0 Å². The van der Waals surface area contributed by atoms with Crippen LogP contribution in [0.25, 0.3) is 10.8 Å². The summed E-state index contributed by atoms with van der Waals surface area (Å²) in [6, 6.07) is 12.0. The lowest BCUT2D eigenvalue weighted by Gasteiger charge is -2.14. The van der Waals surface area contributed by atoms with Crippen molar-refractivity contribution >= 4 is 22.6 Å². The maximum absolute atomic E-state index is 12.3. The van der Waals surface area contributed by atoms with Crippen molar-refractivity contribution in [1.82, 2.24) is 5.32 Å². The summed E-state index contributed by atoms with van der Waals surface area (Å²) in [6.07, 6.45) is 2.50. The maximum Gasteiger partial charge on any atom is 0.326 e. The SMILES string of the molecule is C=CCC[C@H](NC(=O)c1cccc2ccccc12)C(=O)O. The fourth-order valence-corrected chi connectivity index (χ4v) is 2.20. The largest absolute Gasteiger partial charge is 0.480 e. The van der Waals surface area contributed by atoms with Gasteiger partial charge < -0.3 is 10.4 Å². The molecule has 0 saturated heterocycles. The molecule has 0 fully saturated rings. The molecule has 0 bridgehead atoms. The fourth-order valence-electron chi connectivity index (χ4n) is 2.20. The molecule has 1 amide bonds. The zero-order valence-electron chi connectivity index (χ0n) is 11.6. The van der Waals surface area contributed by atoms with Crippen LogP contribution in [0, 0.1) is 0 Å². The van der Waals surface area contributed by atoms with Crippen molar-refractivity contribution in [1.29, 1.82) is 0 Å². The number of benzene rings is 2. The second-order valence-electron chi connectivity index (χ2n) is 4.76. The first-order valence-corrected chi connectivity index (χ1v) is 6.76. The van der Waals surface area contributed by atoms with Crippen molar-refractivity contribution in [2.75, 3.05) is 0 Å². The van der Waals surface area contributed by atoms with Crippen LogP contribution >= 0.6 is 0 Å². The van der Waals surface area contributed by atoms with Gasteiger partial charge in [0.25, 0.3) is 5.91 Å². The topological polar surface area (TPSA) is 66.4 Å². The number of carboxylic acid groups (broad SMARTS) is 1. The lowest BCUT2D eigenvalue weighted by Crippen LogP contribution is -2.40. The number of amides is 1. The molecule has 0 heterocycles. The van der Waals surface area contributed by atoms with Crippen LogP contribution < -0.4 is 5.32 Å². The highest BCUT2D eigenvalue weighted by Gasteiger charge is 2.20. The first kappa shape index (κ1) is 14.8. The van der Waals surface area contributed by atoms with Gasteiger partial charge in [-0.1, -0.05) is 42.5 Å².